The van der Waals surface area contributed by atoms with Crippen molar-refractivity contribution in [3.63, 3.8) is 0 Å². The summed E-state index contributed by atoms with van der Waals surface area (Å²) in [5.41, 5.74) is 2.73. The van der Waals surface area contributed by atoms with Crippen molar-refractivity contribution in [2.24, 2.45) is 4.99 Å². The average Bonchev–Trinajstić information content (AvgIpc) is 2.83. The SMILES string of the molecule is COC(=O)c1ccc(N=c2cc(-c3ccc(OC)c(OC)c3)oc3ccccc23)cc1. The zero-order valence-corrected chi connectivity index (χ0v) is 17.4. The standard InChI is InChI=1S/C25H21NO5/c1-28-22-13-10-17(14-24(22)29-2)23-15-20(19-6-4-5-7-21(19)31-23)26-18-11-8-16(9-12-18)25(27)30-3/h4-15H,1-3H3. The fourth-order valence-electron chi connectivity index (χ4n) is 3.27. The summed E-state index contributed by atoms with van der Waals surface area (Å²) in [7, 11) is 4.55. The normalized spacial score (nSPS) is 11.4. The number of fused-ring (bicyclic) bond motifs is 1. The van der Waals surface area contributed by atoms with Crippen molar-refractivity contribution in [3.8, 4) is 22.8 Å². The van der Waals surface area contributed by atoms with Crippen molar-refractivity contribution in [2.75, 3.05) is 21.3 Å². The van der Waals surface area contributed by atoms with E-state index in [4.69, 9.17) is 23.6 Å². The number of carbonyl (C=O) groups is 1. The van der Waals surface area contributed by atoms with Crippen LogP contribution >= 0.6 is 0 Å². The number of benzene rings is 3. The minimum Gasteiger partial charge on any atom is -0.493 e. The molecule has 31 heavy (non-hydrogen) atoms. The maximum absolute atomic E-state index is 11.7. The van der Waals surface area contributed by atoms with Gasteiger partial charge in [-0.1, -0.05) is 12.1 Å². The number of esters is 1. The van der Waals surface area contributed by atoms with Crippen LogP contribution in [0.15, 0.2) is 82.2 Å². The second-order valence-electron chi connectivity index (χ2n) is 6.71. The van der Waals surface area contributed by atoms with Gasteiger partial charge >= 0.3 is 5.97 Å². The Morgan fingerprint density at radius 2 is 1.58 bits per heavy atom. The third-order valence-electron chi connectivity index (χ3n) is 4.86. The van der Waals surface area contributed by atoms with Gasteiger partial charge in [0.2, 0.25) is 0 Å². The largest absolute Gasteiger partial charge is 0.493 e. The Morgan fingerprint density at radius 3 is 2.29 bits per heavy atom. The summed E-state index contributed by atoms with van der Waals surface area (Å²) < 4.78 is 21.6. The molecule has 0 saturated heterocycles. The Balaban J connectivity index is 1.86. The predicted molar refractivity (Wildman–Crippen MR) is 118 cm³/mol. The van der Waals surface area contributed by atoms with Crippen molar-refractivity contribution >= 4 is 22.6 Å². The number of ether oxygens (including phenoxy) is 3. The molecule has 6 heteroatoms. The Kier molecular flexibility index (Phi) is 5.71. The highest BCUT2D eigenvalue weighted by Crippen LogP contribution is 2.32. The van der Waals surface area contributed by atoms with Crippen LogP contribution in [-0.2, 0) is 4.74 Å². The van der Waals surface area contributed by atoms with E-state index < -0.39 is 0 Å². The first-order valence-electron chi connectivity index (χ1n) is 9.61. The van der Waals surface area contributed by atoms with Gasteiger partial charge in [-0.05, 0) is 54.6 Å². The maximum Gasteiger partial charge on any atom is 0.337 e. The number of nitrogens with zero attached hydrogens (tertiary/aromatic N) is 1. The summed E-state index contributed by atoms with van der Waals surface area (Å²) in [5, 5.41) is 1.63. The van der Waals surface area contributed by atoms with Gasteiger partial charge in [0.15, 0.2) is 11.5 Å². The van der Waals surface area contributed by atoms with Crippen LogP contribution in [0.1, 0.15) is 10.4 Å². The summed E-state index contributed by atoms with van der Waals surface area (Å²) in [4.78, 5) is 16.5. The Bertz CT molecular complexity index is 1310. The van der Waals surface area contributed by atoms with E-state index in [1.807, 2.05) is 48.5 Å². The molecule has 0 aliphatic heterocycles. The lowest BCUT2D eigenvalue weighted by Crippen LogP contribution is -2.03. The van der Waals surface area contributed by atoms with Gasteiger partial charge in [0.25, 0.3) is 0 Å². The van der Waals surface area contributed by atoms with Crippen molar-refractivity contribution in [1.82, 2.24) is 0 Å². The average molecular weight is 415 g/mol. The van der Waals surface area contributed by atoms with Gasteiger partial charge < -0.3 is 18.6 Å². The van der Waals surface area contributed by atoms with Gasteiger partial charge in [-0.25, -0.2) is 9.79 Å². The monoisotopic (exact) mass is 415 g/mol. The van der Waals surface area contributed by atoms with Crippen molar-refractivity contribution in [1.29, 1.82) is 0 Å². The molecule has 0 radical (unpaired) electrons. The second kappa shape index (κ2) is 8.75. The van der Waals surface area contributed by atoms with E-state index in [0.717, 1.165) is 16.3 Å². The Labute approximate surface area is 179 Å². The molecule has 0 N–H and O–H groups in total. The number of hydrogen-bond donors (Lipinski definition) is 0. The summed E-state index contributed by atoms with van der Waals surface area (Å²) in [6.45, 7) is 0. The molecule has 4 rings (SSSR count). The van der Waals surface area contributed by atoms with E-state index in [1.165, 1.54) is 7.11 Å². The van der Waals surface area contributed by atoms with Crippen molar-refractivity contribution in [3.05, 3.63) is 83.7 Å². The quantitative estimate of drug-likeness (QED) is 0.422. The molecule has 0 aliphatic rings. The minimum absolute atomic E-state index is 0.383. The maximum atomic E-state index is 11.7. The highest BCUT2D eigenvalue weighted by Gasteiger charge is 2.10. The first-order chi connectivity index (χ1) is 15.1. The Morgan fingerprint density at radius 1 is 0.839 bits per heavy atom. The molecule has 6 nitrogen and oxygen atoms in total. The van der Waals surface area contributed by atoms with E-state index in [-0.39, 0.29) is 5.97 Å². The van der Waals surface area contributed by atoms with E-state index >= 15 is 0 Å². The van der Waals surface area contributed by atoms with Crippen molar-refractivity contribution in [2.45, 2.75) is 0 Å². The van der Waals surface area contributed by atoms with Crippen LogP contribution in [0, 0.1) is 0 Å². The molecule has 1 heterocycles. The molecule has 156 valence electrons. The number of methoxy groups -OCH3 is 3. The third kappa shape index (κ3) is 4.14. The van der Waals surface area contributed by atoms with Gasteiger partial charge in [-0.15, -0.1) is 0 Å². The van der Waals surface area contributed by atoms with Crippen LogP contribution in [0.5, 0.6) is 11.5 Å². The smallest absolute Gasteiger partial charge is 0.337 e. The predicted octanol–water partition coefficient (Wildman–Crippen LogP) is 5.14. The van der Waals surface area contributed by atoms with Gasteiger partial charge in [-0.2, -0.15) is 0 Å². The molecule has 0 bridgehead atoms. The lowest BCUT2D eigenvalue weighted by molar-refractivity contribution is 0.0601. The van der Waals surface area contributed by atoms with Crippen molar-refractivity contribution < 1.29 is 23.4 Å². The van der Waals surface area contributed by atoms with E-state index in [2.05, 4.69) is 0 Å². The third-order valence-corrected chi connectivity index (χ3v) is 4.86. The van der Waals surface area contributed by atoms with Gasteiger partial charge in [0.05, 0.1) is 37.9 Å². The van der Waals surface area contributed by atoms with E-state index in [9.17, 15) is 4.79 Å². The minimum atomic E-state index is -0.383. The van der Waals surface area contributed by atoms with Gasteiger partial charge in [0, 0.05) is 17.0 Å². The molecule has 0 amide bonds. The Hall–Kier alpha value is -4.06. The molecule has 1 aromatic heterocycles. The fourth-order valence-corrected chi connectivity index (χ4v) is 3.27. The highest BCUT2D eigenvalue weighted by molar-refractivity contribution is 5.89. The molecular formula is C25H21NO5. The first kappa shape index (κ1) is 20.2. The molecular weight excluding hydrogens is 394 g/mol. The summed E-state index contributed by atoms with van der Waals surface area (Å²) in [6.07, 6.45) is 0. The van der Waals surface area contributed by atoms with Gasteiger partial charge in [-0.3, -0.25) is 0 Å². The molecule has 0 saturated carbocycles. The zero-order chi connectivity index (χ0) is 21.8. The van der Waals surface area contributed by atoms with Crippen LogP contribution in [0.3, 0.4) is 0 Å². The number of para-hydroxylation sites is 1. The number of rotatable bonds is 5. The summed E-state index contributed by atoms with van der Waals surface area (Å²) in [6, 6.07) is 22.1. The molecule has 0 unspecified atom stereocenters. The molecule has 3 aromatic carbocycles. The van der Waals surface area contributed by atoms with Crippen LogP contribution in [-0.4, -0.2) is 27.3 Å². The molecule has 4 aromatic rings. The topological polar surface area (TPSA) is 70.3 Å². The lowest BCUT2D eigenvalue weighted by atomic mass is 10.1. The van der Waals surface area contributed by atoms with Crippen LogP contribution in [0.4, 0.5) is 5.69 Å². The summed E-state index contributed by atoms with van der Waals surface area (Å²) in [5.74, 6) is 1.51. The van der Waals surface area contributed by atoms with E-state index in [0.29, 0.717) is 34.1 Å². The first-order valence-corrected chi connectivity index (χ1v) is 9.61. The fraction of sp³-hybridized carbons (Fsp3) is 0.120. The zero-order valence-electron chi connectivity index (χ0n) is 17.4. The molecule has 0 fully saturated rings. The number of carbonyl (C=O) groups excluding carboxylic acids is 1. The van der Waals surface area contributed by atoms with Crippen LogP contribution < -0.4 is 14.8 Å². The van der Waals surface area contributed by atoms with Crippen LogP contribution in [0.25, 0.3) is 22.3 Å². The molecule has 0 aliphatic carbocycles. The lowest BCUT2D eigenvalue weighted by Gasteiger charge is -2.10. The highest BCUT2D eigenvalue weighted by atomic mass is 16.5. The van der Waals surface area contributed by atoms with Gasteiger partial charge in [0.1, 0.15) is 11.3 Å². The second-order valence-corrected chi connectivity index (χ2v) is 6.71. The molecule has 0 spiro atoms. The van der Waals surface area contributed by atoms with E-state index in [1.54, 1.807) is 38.5 Å². The summed E-state index contributed by atoms with van der Waals surface area (Å²) >= 11 is 0. The van der Waals surface area contributed by atoms with Crippen LogP contribution in [0.2, 0.25) is 0 Å². The molecule has 0 atom stereocenters. The number of hydrogen-bond acceptors (Lipinski definition) is 6.